The normalized spacial score (nSPS) is 15.0. The smallest absolute Gasteiger partial charge is 0.412 e. The fourth-order valence-electron chi connectivity index (χ4n) is 3.31. The number of carbonyl (C=O) groups is 2. The minimum Gasteiger partial charge on any atom is -0.492 e. The lowest BCUT2D eigenvalue weighted by molar-refractivity contribution is -0.138. The summed E-state index contributed by atoms with van der Waals surface area (Å²) in [6.45, 7) is 3.56. The van der Waals surface area contributed by atoms with Gasteiger partial charge in [0.15, 0.2) is 0 Å². The molecule has 3 aromatic rings. The van der Waals surface area contributed by atoms with Crippen molar-refractivity contribution in [1.29, 1.82) is 0 Å². The van der Waals surface area contributed by atoms with Crippen LogP contribution in [0.4, 0.5) is 10.5 Å². The highest BCUT2D eigenvalue weighted by atomic mass is 16.6. The molecule has 1 aliphatic heterocycles. The van der Waals surface area contributed by atoms with Gasteiger partial charge in [0.1, 0.15) is 35.8 Å². The summed E-state index contributed by atoms with van der Waals surface area (Å²) in [7, 11) is 0. The van der Waals surface area contributed by atoms with Crippen molar-refractivity contribution in [1.82, 2.24) is 5.16 Å². The Bertz CT molecular complexity index is 1220. The molecule has 2 unspecified atom stereocenters. The van der Waals surface area contributed by atoms with E-state index in [0.717, 1.165) is 5.56 Å². The van der Waals surface area contributed by atoms with Gasteiger partial charge >= 0.3 is 12.1 Å². The lowest BCUT2D eigenvalue weighted by Crippen LogP contribution is -2.16. The molecule has 1 aromatic heterocycles. The minimum atomic E-state index is -0.927. The van der Waals surface area contributed by atoms with Gasteiger partial charge in [0.25, 0.3) is 0 Å². The summed E-state index contributed by atoms with van der Waals surface area (Å²) in [5.41, 5.74) is 2.88. The van der Waals surface area contributed by atoms with Crippen LogP contribution in [0, 0.1) is 18.8 Å². The molecule has 2 N–H and O–H groups in total. The van der Waals surface area contributed by atoms with Crippen molar-refractivity contribution in [3.63, 3.8) is 0 Å². The fraction of sp³-hybridized carbons (Fsp3) is 0.208. The quantitative estimate of drug-likeness (QED) is 0.593. The fourth-order valence-corrected chi connectivity index (χ4v) is 3.31. The Kier molecular flexibility index (Phi) is 5.81. The molecule has 1 aliphatic rings. The zero-order chi connectivity index (χ0) is 22.7. The van der Waals surface area contributed by atoms with Crippen LogP contribution in [0.3, 0.4) is 0 Å². The van der Waals surface area contributed by atoms with Crippen LogP contribution in [0.1, 0.15) is 47.1 Å². The number of carboxylic acids is 1. The van der Waals surface area contributed by atoms with Crippen LogP contribution in [0.5, 0.6) is 5.75 Å². The Hall–Kier alpha value is -4.25. The number of nitrogens with one attached hydrogen (secondary N) is 1. The molecule has 8 heteroatoms. The lowest BCUT2D eigenvalue weighted by atomic mass is 10.0. The highest BCUT2D eigenvalue weighted by molar-refractivity contribution is 5.87. The van der Waals surface area contributed by atoms with Gasteiger partial charge in [0, 0.05) is 11.1 Å². The zero-order valence-corrected chi connectivity index (χ0v) is 17.4. The van der Waals surface area contributed by atoms with E-state index in [4.69, 9.17) is 14.0 Å². The van der Waals surface area contributed by atoms with Crippen molar-refractivity contribution in [3.05, 3.63) is 76.7 Å². The van der Waals surface area contributed by atoms with Crippen LogP contribution in [0.15, 0.2) is 53.1 Å². The second-order valence-corrected chi connectivity index (χ2v) is 7.26. The SMILES string of the molecule is Cc1noc(C#Cc2ccc3c(c2)OCC3C(=O)O)c1NC(=O)OC(C)c1ccccc1. The zero-order valence-electron chi connectivity index (χ0n) is 17.4. The molecule has 0 radical (unpaired) electrons. The molecule has 32 heavy (non-hydrogen) atoms. The number of carboxylic acid groups (broad SMARTS) is 1. The first-order valence-corrected chi connectivity index (χ1v) is 9.93. The second-order valence-electron chi connectivity index (χ2n) is 7.26. The van der Waals surface area contributed by atoms with Crippen molar-refractivity contribution in [2.75, 3.05) is 11.9 Å². The van der Waals surface area contributed by atoms with E-state index in [1.54, 1.807) is 32.0 Å². The third kappa shape index (κ3) is 4.42. The van der Waals surface area contributed by atoms with Gasteiger partial charge in [-0.15, -0.1) is 0 Å². The van der Waals surface area contributed by atoms with Crippen LogP contribution >= 0.6 is 0 Å². The third-order valence-electron chi connectivity index (χ3n) is 5.06. The number of amides is 1. The Morgan fingerprint density at radius 2 is 2.00 bits per heavy atom. The predicted molar refractivity (Wildman–Crippen MR) is 114 cm³/mol. The molecule has 2 atom stereocenters. The maximum absolute atomic E-state index is 12.4. The van der Waals surface area contributed by atoms with Gasteiger partial charge in [-0.25, -0.2) is 4.79 Å². The first-order valence-electron chi connectivity index (χ1n) is 9.93. The molecule has 1 amide bonds. The molecule has 0 spiro atoms. The summed E-state index contributed by atoms with van der Waals surface area (Å²) in [5, 5.41) is 15.7. The number of aliphatic carboxylic acids is 1. The number of hydrogen-bond donors (Lipinski definition) is 2. The van der Waals surface area contributed by atoms with E-state index in [9.17, 15) is 14.7 Å². The van der Waals surface area contributed by atoms with Crippen molar-refractivity contribution in [3.8, 4) is 17.6 Å². The molecule has 0 saturated heterocycles. The first kappa shape index (κ1) is 21.0. The summed E-state index contributed by atoms with van der Waals surface area (Å²) < 4.78 is 16.1. The van der Waals surface area contributed by atoms with E-state index in [0.29, 0.717) is 28.3 Å². The monoisotopic (exact) mass is 432 g/mol. The number of benzene rings is 2. The van der Waals surface area contributed by atoms with E-state index < -0.39 is 24.1 Å². The number of hydrogen-bond acceptors (Lipinski definition) is 6. The second kappa shape index (κ2) is 8.86. The van der Waals surface area contributed by atoms with Crippen molar-refractivity contribution < 1.29 is 28.7 Å². The molecule has 8 nitrogen and oxygen atoms in total. The van der Waals surface area contributed by atoms with E-state index in [1.165, 1.54) is 0 Å². The molecule has 2 heterocycles. The molecule has 162 valence electrons. The van der Waals surface area contributed by atoms with Gasteiger partial charge in [-0.3, -0.25) is 10.1 Å². The average Bonchev–Trinajstić information content (AvgIpc) is 3.36. The maximum atomic E-state index is 12.4. The van der Waals surface area contributed by atoms with Crippen LogP contribution in [-0.2, 0) is 9.53 Å². The third-order valence-corrected chi connectivity index (χ3v) is 5.06. The molecule has 4 rings (SSSR count). The van der Waals surface area contributed by atoms with E-state index in [1.807, 2.05) is 30.3 Å². The largest absolute Gasteiger partial charge is 0.492 e. The maximum Gasteiger partial charge on any atom is 0.412 e. The van der Waals surface area contributed by atoms with Gasteiger partial charge in [-0.2, -0.15) is 0 Å². The number of aromatic nitrogens is 1. The number of ether oxygens (including phenoxy) is 2. The average molecular weight is 432 g/mol. The summed E-state index contributed by atoms with van der Waals surface area (Å²) in [5.74, 6) is 4.84. The Balaban J connectivity index is 1.48. The van der Waals surface area contributed by atoms with Crippen molar-refractivity contribution in [2.24, 2.45) is 0 Å². The predicted octanol–water partition coefficient (Wildman–Crippen LogP) is 4.25. The van der Waals surface area contributed by atoms with Crippen LogP contribution in [-0.4, -0.2) is 28.9 Å². The first-order chi connectivity index (χ1) is 15.4. The Labute approximate surface area is 184 Å². The lowest BCUT2D eigenvalue weighted by Gasteiger charge is -2.13. The number of rotatable bonds is 4. The topological polar surface area (TPSA) is 111 Å². The van der Waals surface area contributed by atoms with Crippen molar-refractivity contribution in [2.45, 2.75) is 25.9 Å². The standard InChI is InChI=1S/C24H20N2O6/c1-14-22(25-24(29)31-15(2)17-6-4-3-5-7-17)20(32-26-14)11-9-16-8-10-18-19(23(27)28)13-30-21(18)12-16/h3-8,10,12,15,19H,13H2,1-2H3,(H,25,29)(H,27,28). The molecule has 0 bridgehead atoms. The minimum absolute atomic E-state index is 0.0976. The molecule has 0 saturated carbocycles. The van der Waals surface area contributed by atoms with Crippen LogP contribution < -0.4 is 10.1 Å². The summed E-state index contributed by atoms with van der Waals surface area (Å²) in [6.07, 6.45) is -1.09. The van der Waals surface area contributed by atoms with Crippen molar-refractivity contribution >= 4 is 17.7 Å². The number of fused-ring (bicyclic) bond motifs is 1. The number of nitrogens with zero attached hydrogens (tertiary/aromatic N) is 1. The van der Waals surface area contributed by atoms with Crippen LogP contribution in [0.25, 0.3) is 0 Å². The molecule has 2 aromatic carbocycles. The number of anilines is 1. The van der Waals surface area contributed by atoms with Gasteiger partial charge in [-0.05, 0) is 37.5 Å². The summed E-state index contributed by atoms with van der Waals surface area (Å²) >= 11 is 0. The van der Waals surface area contributed by atoms with E-state index >= 15 is 0 Å². The highest BCUT2D eigenvalue weighted by Gasteiger charge is 2.30. The Morgan fingerprint density at radius 3 is 2.75 bits per heavy atom. The number of carbonyl (C=O) groups excluding carboxylic acids is 1. The number of aryl methyl sites for hydroxylation is 1. The summed E-state index contributed by atoms with van der Waals surface area (Å²) in [6, 6.07) is 14.5. The van der Waals surface area contributed by atoms with Gasteiger partial charge < -0.3 is 19.1 Å². The highest BCUT2D eigenvalue weighted by Crippen LogP contribution is 2.34. The Morgan fingerprint density at radius 1 is 1.22 bits per heavy atom. The van der Waals surface area contributed by atoms with Crippen LogP contribution in [0.2, 0.25) is 0 Å². The molecular weight excluding hydrogens is 412 g/mol. The van der Waals surface area contributed by atoms with Gasteiger partial charge in [-0.1, -0.05) is 47.5 Å². The molecule has 0 aliphatic carbocycles. The van der Waals surface area contributed by atoms with E-state index in [-0.39, 0.29) is 12.4 Å². The molecule has 0 fully saturated rings. The van der Waals surface area contributed by atoms with Gasteiger partial charge in [0.05, 0.1) is 0 Å². The van der Waals surface area contributed by atoms with E-state index in [2.05, 4.69) is 22.3 Å². The van der Waals surface area contributed by atoms with Gasteiger partial charge in [0.2, 0.25) is 5.76 Å². The molecular formula is C24H20N2O6. The summed E-state index contributed by atoms with van der Waals surface area (Å²) in [4.78, 5) is 23.6.